The molecule has 2 heteroatoms. The Labute approximate surface area is 146 Å². The van der Waals surface area contributed by atoms with Gasteiger partial charge in [-0.15, -0.1) is 0 Å². The molecule has 3 rings (SSSR count). The fraction of sp³-hybridized carbons (Fsp3) is 0.682. The van der Waals surface area contributed by atoms with E-state index in [1.807, 2.05) is 6.07 Å². The van der Waals surface area contributed by atoms with Gasteiger partial charge in [-0.3, -0.25) is 4.79 Å². The number of carboxylic acid groups (broad SMARTS) is 1. The average molecular weight is 328 g/mol. The topological polar surface area (TPSA) is 37.3 Å². The molecule has 1 aromatic rings. The predicted molar refractivity (Wildman–Crippen MR) is 98.4 cm³/mol. The van der Waals surface area contributed by atoms with Gasteiger partial charge in [0.1, 0.15) is 0 Å². The molecule has 24 heavy (non-hydrogen) atoms. The fourth-order valence-corrected chi connectivity index (χ4v) is 5.14. The van der Waals surface area contributed by atoms with Crippen LogP contribution in [0.4, 0.5) is 0 Å². The van der Waals surface area contributed by atoms with E-state index in [1.165, 1.54) is 31.2 Å². The number of aliphatic carboxylic acids is 1. The number of hydrogen-bond acceptors (Lipinski definition) is 1. The second kappa shape index (κ2) is 6.54. The molecular weight excluding hydrogens is 296 g/mol. The van der Waals surface area contributed by atoms with Crippen LogP contribution in [0, 0.1) is 11.3 Å². The van der Waals surface area contributed by atoms with Crippen LogP contribution in [0.25, 0.3) is 0 Å². The van der Waals surface area contributed by atoms with Crippen molar-refractivity contribution in [2.45, 2.75) is 83.5 Å². The number of carbonyl (C=O) groups is 1. The van der Waals surface area contributed by atoms with E-state index in [4.69, 9.17) is 0 Å². The van der Waals surface area contributed by atoms with Crippen molar-refractivity contribution >= 4 is 5.97 Å². The average Bonchev–Trinajstić information content (AvgIpc) is 3.05. The molecule has 2 aliphatic carbocycles. The van der Waals surface area contributed by atoms with Crippen LogP contribution in [0.3, 0.4) is 0 Å². The summed E-state index contributed by atoms with van der Waals surface area (Å²) in [7, 11) is 0. The van der Waals surface area contributed by atoms with Crippen LogP contribution in [0.2, 0.25) is 0 Å². The summed E-state index contributed by atoms with van der Waals surface area (Å²) < 4.78 is 0. The lowest BCUT2D eigenvalue weighted by molar-refractivity contribution is -0.143. The Morgan fingerprint density at radius 2 is 1.62 bits per heavy atom. The summed E-state index contributed by atoms with van der Waals surface area (Å²) >= 11 is 0. The molecule has 2 saturated carbocycles. The summed E-state index contributed by atoms with van der Waals surface area (Å²) in [5.74, 6) is 0.716. The zero-order valence-corrected chi connectivity index (χ0v) is 15.5. The Morgan fingerprint density at radius 1 is 1.04 bits per heavy atom. The monoisotopic (exact) mass is 328 g/mol. The molecule has 132 valence electrons. The minimum Gasteiger partial charge on any atom is -0.481 e. The third-order valence-corrected chi connectivity index (χ3v) is 6.73. The van der Waals surface area contributed by atoms with Crippen LogP contribution < -0.4 is 0 Å². The molecule has 0 amide bonds. The van der Waals surface area contributed by atoms with E-state index in [0.29, 0.717) is 11.3 Å². The summed E-state index contributed by atoms with van der Waals surface area (Å²) in [6.45, 7) is 7.05. The quantitative estimate of drug-likeness (QED) is 0.749. The van der Waals surface area contributed by atoms with E-state index in [0.717, 1.165) is 37.2 Å². The molecule has 0 spiro atoms. The van der Waals surface area contributed by atoms with E-state index in [2.05, 4.69) is 39.0 Å². The van der Waals surface area contributed by atoms with Gasteiger partial charge in [-0.1, -0.05) is 57.9 Å². The van der Waals surface area contributed by atoms with Gasteiger partial charge in [0, 0.05) is 0 Å². The Hall–Kier alpha value is -1.31. The lowest BCUT2D eigenvalue weighted by atomic mass is 9.66. The van der Waals surface area contributed by atoms with Crippen molar-refractivity contribution in [3.63, 3.8) is 0 Å². The zero-order chi connectivity index (χ0) is 17.4. The molecule has 1 aromatic carbocycles. The number of carboxylic acids is 1. The molecule has 0 aromatic heterocycles. The van der Waals surface area contributed by atoms with Crippen LogP contribution in [0.1, 0.15) is 89.2 Å². The van der Waals surface area contributed by atoms with Crippen molar-refractivity contribution < 1.29 is 9.90 Å². The van der Waals surface area contributed by atoms with Gasteiger partial charge in [0.25, 0.3) is 0 Å². The summed E-state index contributed by atoms with van der Waals surface area (Å²) in [6.07, 6.45) is 8.62. The molecule has 0 radical (unpaired) electrons. The van der Waals surface area contributed by atoms with Gasteiger partial charge in [-0.25, -0.2) is 0 Å². The minimum absolute atomic E-state index is 0.387. The molecule has 0 atom stereocenters. The summed E-state index contributed by atoms with van der Waals surface area (Å²) in [6, 6.07) is 8.44. The highest BCUT2D eigenvalue weighted by atomic mass is 16.4. The first-order valence-corrected chi connectivity index (χ1v) is 9.67. The molecule has 1 N–H and O–H groups in total. The molecule has 0 aliphatic heterocycles. The highest BCUT2D eigenvalue weighted by Gasteiger charge is 2.45. The standard InChI is InChI=1S/C22H32O2/c1-21(2,3)17-12-10-16(11-13-17)18-8-4-5-9-19(18)22(20(23)24)14-6-7-15-22/h4-5,8-9,16-17H,6-7,10-15H2,1-3H3,(H,23,24). The maximum atomic E-state index is 12.1. The Morgan fingerprint density at radius 3 is 2.17 bits per heavy atom. The lowest BCUT2D eigenvalue weighted by Gasteiger charge is -2.38. The van der Waals surface area contributed by atoms with Crippen LogP contribution in [0.15, 0.2) is 24.3 Å². The van der Waals surface area contributed by atoms with Gasteiger partial charge in [0.15, 0.2) is 0 Å². The maximum Gasteiger partial charge on any atom is 0.314 e. The molecule has 0 bridgehead atoms. The fourth-order valence-electron chi connectivity index (χ4n) is 5.14. The van der Waals surface area contributed by atoms with Crippen LogP contribution in [-0.4, -0.2) is 11.1 Å². The molecule has 2 aliphatic rings. The van der Waals surface area contributed by atoms with Crippen molar-refractivity contribution in [3.05, 3.63) is 35.4 Å². The van der Waals surface area contributed by atoms with E-state index in [-0.39, 0.29) is 0 Å². The molecular formula is C22H32O2. The SMILES string of the molecule is CC(C)(C)C1CCC(c2ccccc2C2(C(=O)O)CCCC2)CC1. The molecule has 0 unspecified atom stereocenters. The van der Waals surface area contributed by atoms with Gasteiger partial charge in [-0.05, 0) is 66.9 Å². The summed E-state index contributed by atoms with van der Waals surface area (Å²) in [5, 5.41) is 9.99. The van der Waals surface area contributed by atoms with Gasteiger partial charge in [-0.2, -0.15) is 0 Å². The number of benzene rings is 1. The second-order valence-corrected chi connectivity index (χ2v) is 9.10. The van der Waals surface area contributed by atoms with Crippen molar-refractivity contribution in [1.29, 1.82) is 0 Å². The zero-order valence-electron chi connectivity index (χ0n) is 15.5. The summed E-state index contributed by atoms with van der Waals surface area (Å²) in [4.78, 5) is 12.1. The van der Waals surface area contributed by atoms with Gasteiger partial charge >= 0.3 is 5.97 Å². The van der Waals surface area contributed by atoms with Gasteiger partial charge in [0.2, 0.25) is 0 Å². The normalized spacial score (nSPS) is 27.1. The molecule has 0 saturated heterocycles. The van der Waals surface area contributed by atoms with Gasteiger partial charge < -0.3 is 5.11 Å². The second-order valence-electron chi connectivity index (χ2n) is 9.10. The van der Waals surface area contributed by atoms with Gasteiger partial charge in [0.05, 0.1) is 5.41 Å². The van der Waals surface area contributed by atoms with E-state index >= 15 is 0 Å². The minimum atomic E-state index is -0.628. The third kappa shape index (κ3) is 3.12. The first kappa shape index (κ1) is 17.5. The number of rotatable bonds is 3. The maximum absolute atomic E-state index is 12.1. The smallest absolute Gasteiger partial charge is 0.314 e. The van der Waals surface area contributed by atoms with Crippen molar-refractivity contribution in [2.24, 2.45) is 11.3 Å². The lowest BCUT2D eigenvalue weighted by Crippen LogP contribution is -2.34. The van der Waals surface area contributed by atoms with Crippen LogP contribution in [0.5, 0.6) is 0 Å². The largest absolute Gasteiger partial charge is 0.481 e. The van der Waals surface area contributed by atoms with Crippen molar-refractivity contribution in [2.75, 3.05) is 0 Å². The van der Waals surface area contributed by atoms with E-state index in [9.17, 15) is 9.90 Å². The first-order valence-electron chi connectivity index (χ1n) is 9.67. The van der Waals surface area contributed by atoms with Crippen molar-refractivity contribution in [3.8, 4) is 0 Å². The van der Waals surface area contributed by atoms with Crippen LogP contribution >= 0.6 is 0 Å². The highest BCUT2D eigenvalue weighted by Crippen LogP contribution is 2.48. The molecule has 2 nitrogen and oxygen atoms in total. The first-order chi connectivity index (χ1) is 11.3. The van der Waals surface area contributed by atoms with Crippen molar-refractivity contribution in [1.82, 2.24) is 0 Å². The van der Waals surface area contributed by atoms with Crippen LogP contribution in [-0.2, 0) is 10.2 Å². The Kier molecular flexibility index (Phi) is 4.77. The predicted octanol–water partition coefficient (Wildman–Crippen LogP) is 5.90. The van der Waals surface area contributed by atoms with E-state index in [1.54, 1.807) is 0 Å². The number of hydrogen-bond donors (Lipinski definition) is 1. The molecule has 2 fully saturated rings. The highest BCUT2D eigenvalue weighted by molar-refractivity contribution is 5.82. The third-order valence-electron chi connectivity index (χ3n) is 6.73. The molecule has 0 heterocycles. The summed E-state index contributed by atoms with van der Waals surface area (Å²) in [5.41, 5.74) is 2.21. The van der Waals surface area contributed by atoms with E-state index < -0.39 is 11.4 Å². The Balaban J connectivity index is 1.87. The Bertz CT molecular complexity index is 582.